The van der Waals surface area contributed by atoms with Crippen molar-refractivity contribution in [2.75, 3.05) is 19.6 Å². The minimum absolute atomic E-state index is 0.247. The SMILES string of the molecule is Cc1nccc(CNC2CCN(CC(N)=O)CC2)n1. The van der Waals surface area contributed by atoms with Gasteiger partial charge in [0.1, 0.15) is 5.82 Å². The molecule has 0 aliphatic carbocycles. The summed E-state index contributed by atoms with van der Waals surface area (Å²) in [5, 5.41) is 3.51. The van der Waals surface area contributed by atoms with Crippen LogP contribution in [-0.2, 0) is 11.3 Å². The van der Waals surface area contributed by atoms with Gasteiger partial charge in [0.05, 0.1) is 12.2 Å². The van der Waals surface area contributed by atoms with E-state index in [9.17, 15) is 4.79 Å². The molecule has 0 bridgehead atoms. The Balaban J connectivity index is 1.72. The van der Waals surface area contributed by atoms with Crippen LogP contribution in [0.25, 0.3) is 0 Å². The number of likely N-dealkylation sites (tertiary alicyclic amines) is 1. The number of nitrogens with zero attached hydrogens (tertiary/aromatic N) is 3. The fraction of sp³-hybridized carbons (Fsp3) is 0.615. The van der Waals surface area contributed by atoms with Gasteiger partial charge in [0.15, 0.2) is 0 Å². The van der Waals surface area contributed by atoms with Crippen molar-refractivity contribution in [3.8, 4) is 0 Å². The molecule has 0 unspecified atom stereocenters. The normalized spacial score (nSPS) is 17.5. The van der Waals surface area contributed by atoms with E-state index in [0.717, 1.165) is 44.0 Å². The average molecular weight is 263 g/mol. The lowest BCUT2D eigenvalue weighted by Gasteiger charge is -2.31. The van der Waals surface area contributed by atoms with E-state index >= 15 is 0 Å². The highest BCUT2D eigenvalue weighted by atomic mass is 16.1. The highest BCUT2D eigenvalue weighted by Crippen LogP contribution is 2.10. The molecule has 0 spiro atoms. The van der Waals surface area contributed by atoms with Crippen molar-refractivity contribution < 1.29 is 4.79 Å². The van der Waals surface area contributed by atoms with Crippen molar-refractivity contribution in [3.63, 3.8) is 0 Å². The zero-order valence-corrected chi connectivity index (χ0v) is 11.3. The van der Waals surface area contributed by atoms with Crippen LogP contribution in [0.3, 0.4) is 0 Å². The number of nitrogens with two attached hydrogens (primary N) is 1. The fourth-order valence-corrected chi connectivity index (χ4v) is 2.37. The molecule has 0 atom stereocenters. The number of aryl methyl sites for hydroxylation is 1. The maximum absolute atomic E-state index is 10.8. The summed E-state index contributed by atoms with van der Waals surface area (Å²) < 4.78 is 0. The Morgan fingerprint density at radius 2 is 2.26 bits per heavy atom. The minimum Gasteiger partial charge on any atom is -0.369 e. The van der Waals surface area contributed by atoms with Crippen LogP contribution in [-0.4, -0.2) is 46.5 Å². The molecule has 1 amide bonds. The average Bonchev–Trinajstić information content (AvgIpc) is 2.37. The van der Waals surface area contributed by atoms with Crippen LogP contribution in [0, 0.1) is 6.92 Å². The number of carbonyl (C=O) groups excluding carboxylic acids is 1. The first-order chi connectivity index (χ1) is 9.13. The van der Waals surface area contributed by atoms with Crippen LogP contribution in [0.1, 0.15) is 24.4 Å². The molecule has 1 aliphatic heterocycles. The Morgan fingerprint density at radius 3 is 2.89 bits per heavy atom. The van der Waals surface area contributed by atoms with Crippen molar-refractivity contribution in [3.05, 3.63) is 23.8 Å². The summed E-state index contributed by atoms with van der Waals surface area (Å²) in [4.78, 5) is 21.4. The molecule has 1 fully saturated rings. The van der Waals surface area contributed by atoms with E-state index in [1.165, 1.54) is 0 Å². The lowest BCUT2D eigenvalue weighted by Crippen LogP contribution is -2.45. The van der Waals surface area contributed by atoms with E-state index in [2.05, 4.69) is 20.2 Å². The number of rotatable bonds is 5. The van der Waals surface area contributed by atoms with E-state index in [1.54, 1.807) is 6.20 Å². The van der Waals surface area contributed by atoms with Gasteiger partial charge in [-0.2, -0.15) is 0 Å². The largest absolute Gasteiger partial charge is 0.369 e. The summed E-state index contributed by atoms with van der Waals surface area (Å²) in [5.41, 5.74) is 6.22. The number of nitrogens with one attached hydrogen (secondary N) is 1. The van der Waals surface area contributed by atoms with Gasteiger partial charge in [-0.25, -0.2) is 9.97 Å². The Bertz CT molecular complexity index is 429. The summed E-state index contributed by atoms with van der Waals surface area (Å²) >= 11 is 0. The topological polar surface area (TPSA) is 84.1 Å². The summed E-state index contributed by atoms with van der Waals surface area (Å²) in [6, 6.07) is 2.42. The van der Waals surface area contributed by atoms with Gasteiger partial charge < -0.3 is 11.1 Å². The Labute approximate surface area is 113 Å². The van der Waals surface area contributed by atoms with Gasteiger partial charge >= 0.3 is 0 Å². The molecule has 3 N–H and O–H groups in total. The highest BCUT2D eigenvalue weighted by Gasteiger charge is 2.19. The Morgan fingerprint density at radius 1 is 1.53 bits per heavy atom. The smallest absolute Gasteiger partial charge is 0.231 e. The van der Waals surface area contributed by atoms with Crippen LogP contribution >= 0.6 is 0 Å². The number of aromatic nitrogens is 2. The molecule has 1 aliphatic rings. The number of hydrogen-bond acceptors (Lipinski definition) is 5. The molecule has 1 aromatic rings. The third-order valence-electron chi connectivity index (χ3n) is 3.37. The van der Waals surface area contributed by atoms with Crippen LogP contribution < -0.4 is 11.1 Å². The highest BCUT2D eigenvalue weighted by molar-refractivity contribution is 5.75. The quantitative estimate of drug-likeness (QED) is 0.770. The maximum Gasteiger partial charge on any atom is 0.231 e. The predicted octanol–water partition coefficient (Wildman–Crippen LogP) is -0.176. The van der Waals surface area contributed by atoms with Crippen LogP contribution in [0.2, 0.25) is 0 Å². The molecule has 1 saturated heterocycles. The third-order valence-corrected chi connectivity index (χ3v) is 3.37. The van der Waals surface area contributed by atoms with E-state index in [4.69, 9.17) is 5.73 Å². The third kappa shape index (κ3) is 4.57. The van der Waals surface area contributed by atoms with Gasteiger partial charge in [0.2, 0.25) is 5.91 Å². The summed E-state index contributed by atoms with van der Waals surface area (Å²) in [6.07, 6.45) is 3.86. The molecular weight excluding hydrogens is 242 g/mol. The molecule has 104 valence electrons. The van der Waals surface area contributed by atoms with Crippen molar-refractivity contribution in [2.45, 2.75) is 32.4 Å². The van der Waals surface area contributed by atoms with Gasteiger partial charge in [0.25, 0.3) is 0 Å². The second-order valence-electron chi connectivity index (χ2n) is 4.99. The van der Waals surface area contributed by atoms with Crippen molar-refractivity contribution in [1.82, 2.24) is 20.2 Å². The van der Waals surface area contributed by atoms with Gasteiger partial charge in [-0.05, 0) is 25.8 Å². The van der Waals surface area contributed by atoms with Crippen molar-refractivity contribution in [1.29, 1.82) is 0 Å². The van der Waals surface area contributed by atoms with E-state index in [0.29, 0.717) is 12.6 Å². The van der Waals surface area contributed by atoms with E-state index in [1.807, 2.05) is 13.0 Å². The number of piperidine rings is 1. The number of hydrogen-bond donors (Lipinski definition) is 2. The first kappa shape index (κ1) is 13.9. The molecule has 19 heavy (non-hydrogen) atoms. The summed E-state index contributed by atoms with van der Waals surface area (Å²) in [5.74, 6) is 0.554. The first-order valence-electron chi connectivity index (χ1n) is 6.66. The molecule has 0 aromatic carbocycles. The molecule has 2 heterocycles. The number of amides is 1. The Hall–Kier alpha value is -1.53. The molecule has 6 nitrogen and oxygen atoms in total. The minimum atomic E-state index is -0.247. The zero-order chi connectivity index (χ0) is 13.7. The van der Waals surface area contributed by atoms with Gasteiger partial charge in [-0.3, -0.25) is 9.69 Å². The number of primary amides is 1. The van der Waals surface area contributed by atoms with E-state index in [-0.39, 0.29) is 5.91 Å². The summed E-state index contributed by atoms with van der Waals surface area (Å²) in [7, 11) is 0. The lowest BCUT2D eigenvalue weighted by atomic mass is 10.0. The molecule has 1 aromatic heterocycles. The second-order valence-corrected chi connectivity index (χ2v) is 4.99. The monoisotopic (exact) mass is 263 g/mol. The standard InChI is InChI=1S/C13H21N5O/c1-10-15-5-2-12(17-10)8-16-11-3-6-18(7-4-11)9-13(14)19/h2,5,11,16H,3-4,6-9H2,1H3,(H2,14,19). The molecule has 0 radical (unpaired) electrons. The Kier molecular flexibility index (Phi) is 4.81. The number of carbonyl (C=O) groups is 1. The van der Waals surface area contributed by atoms with Crippen LogP contribution in [0.5, 0.6) is 0 Å². The fourth-order valence-electron chi connectivity index (χ4n) is 2.37. The molecule has 2 rings (SSSR count). The van der Waals surface area contributed by atoms with Crippen molar-refractivity contribution >= 4 is 5.91 Å². The second kappa shape index (κ2) is 6.58. The molecule has 0 saturated carbocycles. The van der Waals surface area contributed by atoms with Crippen LogP contribution in [0.15, 0.2) is 12.3 Å². The molecule has 6 heteroatoms. The van der Waals surface area contributed by atoms with Gasteiger partial charge in [-0.15, -0.1) is 0 Å². The van der Waals surface area contributed by atoms with E-state index < -0.39 is 0 Å². The predicted molar refractivity (Wildman–Crippen MR) is 72.3 cm³/mol. The van der Waals surface area contributed by atoms with Crippen LogP contribution in [0.4, 0.5) is 0 Å². The molecular formula is C13H21N5O. The first-order valence-corrected chi connectivity index (χ1v) is 6.66. The van der Waals surface area contributed by atoms with Crippen molar-refractivity contribution in [2.24, 2.45) is 5.73 Å². The zero-order valence-electron chi connectivity index (χ0n) is 11.3. The summed E-state index contributed by atoms with van der Waals surface area (Å²) in [6.45, 7) is 4.88. The lowest BCUT2D eigenvalue weighted by molar-refractivity contribution is -0.119. The van der Waals surface area contributed by atoms with Gasteiger partial charge in [-0.1, -0.05) is 0 Å². The maximum atomic E-state index is 10.8. The van der Waals surface area contributed by atoms with Gasteiger partial charge in [0, 0.05) is 31.9 Å².